The largest absolute Gasteiger partial charge is 0.397 e. The van der Waals surface area contributed by atoms with Gasteiger partial charge in [-0.05, 0) is 18.8 Å². The van der Waals surface area contributed by atoms with Crippen molar-refractivity contribution < 1.29 is 17.2 Å². The predicted octanol–water partition coefficient (Wildman–Crippen LogP) is 6.85. The predicted molar refractivity (Wildman–Crippen MR) is 109 cm³/mol. The van der Waals surface area contributed by atoms with E-state index in [1.807, 2.05) is 0 Å². The Morgan fingerprint density at radius 1 is 0.731 bits per heavy atom. The Morgan fingerprint density at radius 2 is 1.12 bits per heavy atom. The molecule has 1 N–H and O–H groups in total. The van der Waals surface area contributed by atoms with Crippen molar-refractivity contribution in [1.82, 2.24) is 0 Å². The molecule has 2 unspecified atom stereocenters. The average molecular weight is 391 g/mol. The minimum atomic E-state index is -4.25. The molecule has 0 aromatic heterocycles. The maximum Gasteiger partial charge on any atom is 0.397 e. The Labute approximate surface area is 162 Å². The first-order valence-electron chi connectivity index (χ1n) is 11.2. The first kappa shape index (κ1) is 23.9. The molecular formula is C21H42O4S. The van der Waals surface area contributed by atoms with Crippen LogP contribution in [-0.2, 0) is 14.6 Å². The van der Waals surface area contributed by atoms with Crippen LogP contribution in [0.1, 0.15) is 122 Å². The van der Waals surface area contributed by atoms with E-state index in [0.29, 0.717) is 5.92 Å². The third-order valence-electron chi connectivity index (χ3n) is 5.53. The van der Waals surface area contributed by atoms with Crippen molar-refractivity contribution in [2.45, 2.75) is 129 Å². The average Bonchev–Trinajstić information content (AvgIpc) is 3.30. The van der Waals surface area contributed by atoms with Crippen molar-refractivity contribution in [3.8, 4) is 0 Å². The molecule has 0 aromatic carbocycles. The number of hydrogen-bond acceptors (Lipinski definition) is 3. The highest BCUT2D eigenvalue weighted by Gasteiger charge is 2.40. The van der Waals surface area contributed by atoms with Crippen LogP contribution in [0.5, 0.6) is 0 Å². The van der Waals surface area contributed by atoms with E-state index in [-0.39, 0.29) is 6.10 Å². The Balaban J connectivity index is 1.70. The smallest absolute Gasteiger partial charge is 0.264 e. The Hall–Kier alpha value is -0.130. The molecule has 156 valence electrons. The van der Waals surface area contributed by atoms with Gasteiger partial charge in [-0.25, -0.2) is 4.18 Å². The fourth-order valence-corrected chi connectivity index (χ4v) is 4.30. The maximum atomic E-state index is 10.6. The van der Waals surface area contributed by atoms with Gasteiger partial charge in [0.05, 0.1) is 6.10 Å². The van der Waals surface area contributed by atoms with E-state index in [1.54, 1.807) is 0 Å². The maximum absolute atomic E-state index is 10.6. The van der Waals surface area contributed by atoms with Crippen molar-refractivity contribution >= 4 is 10.4 Å². The lowest BCUT2D eigenvalue weighted by molar-refractivity contribution is 0.242. The first-order chi connectivity index (χ1) is 12.5. The van der Waals surface area contributed by atoms with Crippen molar-refractivity contribution in [2.24, 2.45) is 5.92 Å². The molecule has 0 aliphatic heterocycles. The van der Waals surface area contributed by atoms with E-state index >= 15 is 0 Å². The van der Waals surface area contributed by atoms with Crippen molar-refractivity contribution in [3.05, 3.63) is 0 Å². The molecule has 0 radical (unpaired) electrons. The lowest BCUT2D eigenvalue weighted by atomic mass is 10.0. The zero-order valence-corrected chi connectivity index (χ0v) is 17.8. The van der Waals surface area contributed by atoms with E-state index in [9.17, 15) is 8.42 Å². The molecule has 0 aromatic rings. The molecule has 0 amide bonds. The van der Waals surface area contributed by atoms with E-state index in [2.05, 4.69) is 11.1 Å². The molecule has 1 fully saturated rings. The zero-order valence-electron chi connectivity index (χ0n) is 17.0. The van der Waals surface area contributed by atoms with E-state index in [1.165, 1.54) is 96.3 Å². The molecule has 0 bridgehead atoms. The minimum Gasteiger partial charge on any atom is -0.264 e. The second-order valence-corrected chi connectivity index (χ2v) is 9.20. The number of unbranched alkanes of at least 4 members (excludes halogenated alkanes) is 15. The van der Waals surface area contributed by atoms with Crippen LogP contribution in [0.3, 0.4) is 0 Å². The van der Waals surface area contributed by atoms with Crippen LogP contribution in [0.25, 0.3) is 0 Å². The summed E-state index contributed by atoms with van der Waals surface area (Å²) in [5.74, 6) is 0.337. The van der Waals surface area contributed by atoms with Crippen LogP contribution < -0.4 is 0 Å². The van der Waals surface area contributed by atoms with Gasteiger partial charge in [-0.3, -0.25) is 4.55 Å². The standard InChI is InChI=1S/C21H42O4S/c1-2-3-4-5-6-7-8-9-10-11-12-13-14-15-16-17-18-20-19-21(20)25-26(22,23)24/h20-21H,2-19H2,1H3,(H,22,23,24). The molecule has 5 heteroatoms. The summed E-state index contributed by atoms with van der Waals surface area (Å²) in [6.07, 6.45) is 23.4. The highest BCUT2D eigenvalue weighted by Crippen LogP contribution is 2.39. The summed E-state index contributed by atoms with van der Waals surface area (Å²) in [5, 5.41) is 0. The van der Waals surface area contributed by atoms with Gasteiger partial charge in [0.25, 0.3) is 0 Å². The monoisotopic (exact) mass is 390 g/mol. The minimum absolute atomic E-state index is 0.263. The molecule has 0 saturated heterocycles. The van der Waals surface area contributed by atoms with Crippen molar-refractivity contribution in [3.63, 3.8) is 0 Å². The van der Waals surface area contributed by atoms with Crippen LogP contribution in [0.2, 0.25) is 0 Å². The summed E-state index contributed by atoms with van der Waals surface area (Å²) in [5.41, 5.74) is 0. The summed E-state index contributed by atoms with van der Waals surface area (Å²) in [6, 6.07) is 0. The summed E-state index contributed by atoms with van der Waals surface area (Å²) >= 11 is 0. The summed E-state index contributed by atoms with van der Waals surface area (Å²) < 4.78 is 34.3. The van der Waals surface area contributed by atoms with Crippen LogP contribution in [0, 0.1) is 5.92 Å². The third-order valence-corrected chi connectivity index (χ3v) is 6.02. The quantitative estimate of drug-likeness (QED) is 0.193. The molecule has 1 aliphatic rings. The second kappa shape index (κ2) is 14.9. The topological polar surface area (TPSA) is 63.6 Å². The highest BCUT2D eigenvalue weighted by atomic mass is 32.3. The fraction of sp³-hybridized carbons (Fsp3) is 1.00. The number of rotatable bonds is 19. The van der Waals surface area contributed by atoms with Gasteiger partial charge < -0.3 is 0 Å². The molecule has 1 rings (SSSR count). The first-order valence-corrected chi connectivity index (χ1v) is 12.5. The normalized spacial score (nSPS) is 19.8. The molecule has 1 saturated carbocycles. The molecule has 0 heterocycles. The van der Waals surface area contributed by atoms with Crippen LogP contribution >= 0.6 is 0 Å². The van der Waals surface area contributed by atoms with Gasteiger partial charge >= 0.3 is 10.4 Å². The van der Waals surface area contributed by atoms with Crippen LogP contribution in [0.4, 0.5) is 0 Å². The van der Waals surface area contributed by atoms with Gasteiger partial charge in [-0.1, -0.05) is 110 Å². The van der Waals surface area contributed by atoms with Gasteiger partial charge in [0, 0.05) is 0 Å². The Morgan fingerprint density at radius 3 is 1.50 bits per heavy atom. The second-order valence-electron chi connectivity index (χ2n) is 8.15. The Bertz CT molecular complexity index is 422. The zero-order chi connectivity index (χ0) is 19.1. The molecular weight excluding hydrogens is 348 g/mol. The lowest BCUT2D eigenvalue weighted by Gasteiger charge is -2.04. The van der Waals surface area contributed by atoms with Crippen molar-refractivity contribution in [2.75, 3.05) is 0 Å². The van der Waals surface area contributed by atoms with Crippen LogP contribution in [-0.4, -0.2) is 19.1 Å². The summed E-state index contributed by atoms with van der Waals surface area (Å²) in [6.45, 7) is 2.27. The van der Waals surface area contributed by atoms with Gasteiger partial charge in [-0.2, -0.15) is 8.42 Å². The van der Waals surface area contributed by atoms with Crippen LogP contribution in [0.15, 0.2) is 0 Å². The van der Waals surface area contributed by atoms with E-state index < -0.39 is 10.4 Å². The van der Waals surface area contributed by atoms with E-state index in [0.717, 1.165) is 19.3 Å². The van der Waals surface area contributed by atoms with Gasteiger partial charge in [-0.15, -0.1) is 0 Å². The van der Waals surface area contributed by atoms with Gasteiger partial charge in [0.1, 0.15) is 0 Å². The van der Waals surface area contributed by atoms with Gasteiger partial charge in [0.2, 0.25) is 0 Å². The summed E-state index contributed by atoms with van der Waals surface area (Å²) in [4.78, 5) is 0. The molecule has 0 spiro atoms. The van der Waals surface area contributed by atoms with E-state index in [4.69, 9.17) is 4.55 Å². The molecule has 2 atom stereocenters. The van der Waals surface area contributed by atoms with Crippen molar-refractivity contribution in [1.29, 1.82) is 0 Å². The molecule has 26 heavy (non-hydrogen) atoms. The molecule has 4 nitrogen and oxygen atoms in total. The number of hydrogen-bond donors (Lipinski definition) is 1. The summed E-state index contributed by atoms with van der Waals surface area (Å²) in [7, 11) is -4.25. The fourth-order valence-electron chi connectivity index (χ4n) is 3.75. The SMILES string of the molecule is CCCCCCCCCCCCCCCCCCC1CC1OS(=O)(=O)O. The highest BCUT2D eigenvalue weighted by molar-refractivity contribution is 7.80. The van der Waals surface area contributed by atoms with Gasteiger partial charge in [0.15, 0.2) is 0 Å². The third kappa shape index (κ3) is 15.0. The molecule has 1 aliphatic carbocycles. The Kier molecular flexibility index (Phi) is 13.7. The lowest BCUT2D eigenvalue weighted by Crippen LogP contribution is -2.06.